The number of carbonyl (C=O) groups excluding carboxylic acids is 2. The molecule has 12 heavy (non-hydrogen) atoms. The summed E-state index contributed by atoms with van der Waals surface area (Å²) >= 11 is 0. The van der Waals surface area contributed by atoms with E-state index in [9.17, 15) is 14.7 Å². The molecule has 0 heterocycles. The first-order valence-corrected chi connectivity index (χ1v) is 3.87. The fourth-order valence-corrected chi connectivity index (χ4v) is 0.945. The van der Waals surface area contributed by atoms with Gasteiger partial charge in [0.1, 0.15) is 5.78 Å². The molecule has 0 radical (unpaired) electrons. The predicted octanol–water partition coefficient (Wildman–Crippen LogP) is -2.86. The van der Waals surface area contributed by atoms with E-state index in [4.69, 9.17) is 0 Å². The van der Waals surface area contributed by atoms with E-state index in [0.29, 0.717) is 12.8 Å². The zero-order valence-electron chi connectivity index (χ0n) is 7.92. The molecule has 0 amide bonds. The van der Waals surface area contributed by atoms with Crippen LogP contribution < -0.4 is 34.7 Å². The molecule has 0 aliphatic carbocycles. The summed E-state index contributed by atoms with van der Waals surface area (Å²) in [5, 5.41) is 10.4. The molecule has 0 rings (SSSR count). The van der Waals surface area contributed by atoms with Crippen molar-refractivity contribution >= 4 is 11.8 Å². The summed E-state index contributed by atoms with van der Waals surface area (Å²) < 4.78 is 0. The first-order valence-electron chi connectivity index (χ1n) is 3.87. The topological polar surface area (TPSA) is 57.2 Å². The molecule has 0 aromatic carbocycles. The summed E-state index contributed by atoms with van der Waals surface area (Å²) in [7, 11) is 0. The number of carboxylic acid groups (broad SMARTS) is 1. The molecule has 0 fully saturated rings. The second kappa shape index (κ2) is 7.77. The number of aliphatic carboxylic acids is 1. The minimum absolute atomic E-state index is 0. The largest absolute Gasteiger partial charge is 1.00 e. The third-order valence-corrected chi connectivity index (χ3v) is 1.60. The zero-order valence-corrected chi connectivity index (χ0v) is 9.92. The smallest absolute Gasteiger partial charge is 0.549 e. The Kier molecular flexibility index (Phi) is 9.49. The van der Waals surface area contributed by atoms with Gasteiger partial charge in [0.2, 0.25) is 0 Å². The number of hydrogen-bond acceptors (Lipinski definition) is 3. The van der Waals surface area contributed by atoms with Crippen LogP contribution in [0.5, 0.6) is 0 Å². The second-order valence-electron chi connectivity index (χ2n) is 2.48. The van der Waals surface area contributed by atoms with Crippen LogP contribution in [0.4, 0.5) is 0 Å². The summed E-state index contributed by atoms with van der Waals surface area (Å²) in [6.07, 6.45) is 1.37. The Bertz CT molecular complexity index is 156. The first kappa shape index (κ1) is 14.7. The molecule has 0 spiro atoms. The fraction of sp³-hybridized carbons (Fsp3) is 0.750. The fourth-order valence-electron chi connectivity index (χ4n) is 0.945. The summed E-state index contributed by atoms with van der Waals surface area (Å²) in [6, 6.07) is 0. The van der Waals surface area contributed by atoms with Crippen molar-refractivity contribution in [2.45, 2.75) is 33.1 Å². The van der Waals surface area contributed by atoms with E-state index in [1.165, 1.54) is 0 Å². The molecule has 0 aromatic heterocycles. The molecule has 64 valence electrons. The Labute approximate surface area is 94.8 Å². The van der Waals surface area contributed by atoms with Gasteiger partial charge in [-0.25, -0.2) is 0 Å². The number of hydrogen-bond donors (Lipinski definition) is 0. The summed E-state index contributed by atoms with van der Waals surface area (Å²) in [4.78, 5) is 21.3. The van der Waals surface area contributed by atoms with Crippen molar-refractivity contribution in [1.29, 1.82) is 0 Å². The molecular weight excluding hydrogens is 167 g/mol. The molecule has 1 atom stereocenters. The van der Waals surface area contributed by atoms with Gasteiger partial charge in [0, 0.05) is 6.42 Å². The third-order valence-electron chi connectivity index (χ3n) is 1.60. The van der Waals surface area contributed by atoms with Crippen molar-refractivity contribution < 1.29 is 44.3 Å². The molecule has 0 aliphatic rings. The van der Waals surface area contributed by atoms with Crippen molar-refractivity contribution in [3.63, 3.8) is 0 Å². The number of ketones is 1. The van der Waals surface area contributed by atoms with Crippen LogP contribution in [0.15, 0.2) is 0 Å². The van der Waals surface area contributed by atoms with Crippen LogP contribution in [-0.4, -0.2) is 11.8 Å². The maximum atomic E-state index is 10.9. The molecular formula is C8H13NaO3. The SMILES string of the molecule is CCCC(C(=O)[O-])C(=O)CC.[Na+]. The van der Waals surface area contributed by atoms with Crippen molar-refractivity contribution in [3.05, 3.63) is 0 Å². The van der Waals surface area contributed by atoms with Gasteiger partial charge in [-0.2, -0.15) is 0 Å². The predicted molar refractivity (Wildman–Crippen MR) is 38.7 cm³/mol. The van der Waals surface area contributed by atoms with Gasteiger partial charge in [0.25, 0.3) is 0 Å². The molecule has 0 saturated carbocycles. The van der Waals surface area contributed by atoms with Gasteiger partial charge in [0.05, 0.1) is 11.9 Å². The minimum Gasteiger partial charge on any atom is -0.549 e. The molecule has 0 aromatic rings. The van der Waals surface area contributed by atoms with E-state index >= 15 is 0 Å². The Morgan fingerprint density at radius 2 is 1.83 bits per heavy atom. The standard InChI is InChI=1S/C8H14O3.Na/c1-3-5-6(8(10)11)7(9)4-2;/h6H,3-5H2,1-2H3,(H,10,11);/q;+1/p-1. The molecule has 0 aliphatic heterocycles. The van der Waals surface area contributed by atoms with Gasteiger partial charge < -0.3 is 9.90 Å². The monoisotopic (exact) mass is 180 g/mol. The van der Waals surface area contributed by atoms with Gasteiger partial charge in [-0.1, -0.05) is 20.3 Å². The maximum absolute atomic E-state index is 10.9. The average Bonchev–Trinajstić information content (AvgIpc) is 1.98. The third kappa shape index (κ3) is 4.91. The van der Waals surface area contributed by atoms with Gasteiger partial charge >= 0.3 is 29.6 Å². The van der Waals surface area contributed by atoms with Crippen LogP contribution in [-0.2, 0) is 9.59 Å². The molecule has 0 saturated heterocycles. The van der Waals surface area contributed by atoms with Crippen LogP contribution in [0.2, 0.25) is 0 Å². The number of carboxylic acids is 1. The van der Waals surface area contributed by atoms with Crippen molar-refractivity contribution in [3.8, 4) is 0 Å². The van der Waals surface area contributed by atoms with Crippen LogP contribution in [0, 0.1) is 5.92 Å². The van der Waals surface area contributed by atoms with Crippen molar-refractivity contribution in [2.24, 2.45) is 5.92 Å². The normalized spacial score (nSPS) is 11.5. The Morgan fingerprint density at radius 3 is 2.08 bits per heavy atom. The molecule has 4 heteroatoms. The molecule has 0 bridgehead atoms. The van der Waals surface area contributed by atoms with E-state index in [1.54, 1.807) is 6.92 Å². The molecule has 1 unspecified atom stereocenters. The van der Waals surface area contributed by atoms with Crippen LogP contribution in [0.1, 0.15) is 33.1 Å². The summed E-state index contributed by atoms with van der Waals surface area (Å²) in [5.74, 6) is -2.35. The van der Waals surface area contributed by atoms with E-state index in [1.807, 2.05) is 6.92 Å². The van der Waals surface area contributed by atoms with E-state index < -0.39 is 11.9 Å². The van der Waals surface area contributed by atoms with E-state index in [0.717, 1.165) is 0 Å². The van der Waals surface area contributed by atoms with Crippen LogP contribution in [0.3, 0.4) is 0 Å². The van der Waals surface area contributed by atoms with Crippen LogP contribution >= 0.6 is 0 Å². The minimum atomic E-state index is -1.24. The van der Waals surface area contributed by atoms with Crippen molar-refractivity contribution in [2.75, 3.05) is 0 Å². The quantitative estimate of drug-likeness (QED) is 0.338. The van der Waals surface area contributed by atoms with Gasteiger partial charge in [-0.05, 0) is 6.42 Å². The number of Topliss-reactive ketones (excluding diaryl/α,β-unsaturated/α-hetero) is 1. The van der Waals surface area contributed by atoms with Gasteiger partial charge in [-0.3, -0.25) is 4.79 Å². The van der Waals surface area contributed by atoms with E-state index in [2.05, 4.69) is 0 Å². The zero-order chi connectivity index (χ0) is 8.85. The number of carbonyl (C=O) groups is 2. The van der Waals surface area contributed by atoms with E-state index in [-0.39, 0.29) is 41.8 Å². The van der Waals surface area contributed by atoms with Crippen LogP contribution in [0.25, 0.3) is 0 Å². The van der Waals surface area contributed by atoms with Gasteiger partial charge in [-0.15, -0.1) is 0 Å². The maximum Gasteiger partial charge on any atom is 1.00 e. The first-order chi connectivity index (χ1) is 5.13. The molecule has 0 N–H and O–H groups in total. The second-order valence-corrected chi connectivity index (χ2v) is 2.48. The summed E-state index contributed by atoms with van der Waals surface area (Å²) in [5.41, 5.74) is 0. The Balaban J connectivity index is 0. The average molecular weight is 180 g/mol. The van der Waals surface area contributed by atoms with Crippen molar-refractivity contribution in [1.82, 2.24) is 0 Å². The molecule has 3 nitrogen and oxygen atoms in total. The Morgan fingerprint density at radius 1 is 1.33 bits per heavy atom. The Hall–Kier alpha value is 0.140. The number of rotatable bonds is 5. The van der Waals surface area contributed by atoms with Gasteiger partial charge in [0.15, 0.2) is 0 Å². The summed E-state index contributed by atoms with van der Waals surface area (Å²) in [6.45, 7) is 3.51.